The molecule has 3 aromatic heterocycles. The van der Waals surface area contributed by atoms with E-state index in [-0.39, 0.29) is 17.7 Å². The Labute approximate surface area is 170 Å². The first-order valence-corrected chi connectivity index (χ1v) is 9.42. The third-order valence-electron chi connectivity index (χ3n) is 4.77. The van der Waals surface area contributed by atoms with Gasteiger partial charge in [-0.1, -0.05) is 28.9 Å². The van der Waals surface area contributed by atoms with Gasteiger partial charge in [0.2, 0.25) is 5.89 Å². The summed E-state index contributed by atoms with van der Waals surface area (Å²) in [7, 11) is 1.59. The van der Waals surface area contributed by atoms with Crippen molar-refractivity contribution >= 4 is 22.6 Å². The number of halogens is 1. The van der Waals surface area contributed by atoms with Crippen LogP contribution in [0.1, 0.15) is 22.8 Å². The fourth-order valence-electron chi connectivity index (χ4n) is 3.16. The molecule has 4 rings (SSSR count). The molecule has 148 valence electrons. The number of fused-ring (bicyclic) bond motifs is 1. The zero-order valence-corrected chi connectivity index (χ0v) is 16.7. The van der Waals surface area contributed by atoms with Crippen LogP contribution in [0.25, 0.3) is 11.0 Å². The van der Waals surface area contributed by atoms with Gasteiger partial charge in [0.15, 0.2) is 5.82 Å². The van der Waals surface area contributed by atoms with E-state index in [1.165, 1.54) is 21.5 Å². The Morgan fingerprint density at radius 1 is 1.14 bits per heavy atom. The van der Waals surface area contributed by atoms with Crippen molar-refractivity contribution in [3.63, 3.8) is 0 Å². The van der Waals surface area contributed by atoms with Crippen LogP contribution in [0.2, 0.25) is 5.02 Å². The highest BCUT2D eigenvalue weighted by Crippen LogP contribution is 2.12. The fourth-order valence-corrected chi connectivity index (χ4v) is 3.29. The SMILES string of the molecule is Cc1cc(=O)n(C)c2ncn(Cc3nc(CCc4ccc(Cl)cc4)no3)c(=O)c12. The van der Waals surface area contributed by atoms with E-state index in [1.54, 1.807) is 14.0 Å². The summed E-state index contributed by atoms with van der Waals surface area (Å²) in [4.78, 5) is 33.4. The smallest absolute Gasteiger partial charge is 0.263 e. The Hall–Kier alpha value is -3.26. The molecule has 9 heteroatoms. The van der Waals surface area contributed by atoms with Gasteiger partial charge in [-0.3, -0.25) is 18.7 Å². The van der Waals surface area contributed by atoms with Gasteiger partial charge in [0, 0.05) is 24.6 Å². The van der Waals surface area contributed by atoms with Crippen molar-refractivity contribution in [1.82, 2.24) is 24.3 Å². The summed E-state index contributed by atoms with van der Waals surface area (Å²) >= 11 is 5.89. The van der Waals surface area contributed by atoms with Crippen molar-refractivity contribution in [1.29, 1.82) is 0 Å². The maximum Gasteiger partial charge on any atom is 0.263 e. The van der Waals surface area contributed by atoms with Gasteiger partial charge in [0.1, 0.15) is 18.5 Å². The Balaban J connectivity index is 1.55. The first kappa shape index (κ1) is 19.1. The molecule has 0 aliphatic rings. The molecule has 0 amide bonds. The first-order chi connectivity index (χ1) is 13.9. The highest BCUT2D eigenvalue weighted by Gasteiger charge is 2.14. The molecule has 3 heterocycles. The number of aryl methyl sites for hydroxylation is 4. The standard InChI is InChI=1S/C20H18ClN5O3/c1-12-9-17(27)25(2)19-18(12)20(28)26(11-22-19)10-16-23-15(24-29-16)8-5-13-3-6-14(21)7-4-13/h3-4,6-7,9,11H,5,8,10H2,1-2H3. The van der Waals surface area contributed by atoms with Gasteiger partial charge >= 0.3 is 0 Å². The molecule has 0 atom stereocenters. The minimum absolute atomic E-state index is 0.109. The summed E-state index contributed by atoms with van der Waals surface area (Å²) in [5, 5.41) is 5.08. The van der Waals surface area contributed by atoms with E-state index in [9.17, 15) is 9.59 Å². The molecule has 0 aliphatic heterocycles. The molecule has 4 aromatic rings. The van der Waals surface area contributed by atoms with Gasteiger partial charge < -0.3 is 4.52 Å². The van der Waals surface area contributed by atoms with E-state index in [0.717, 1.165) is 12.0 Å². The van der Waals surface area contributed by atoms with E-state index >= 15 is 0 Å². The predicted molar refractivity (Wildman–Crippen MR) is 108 cm³/mol. The number of hydrogen-bond donors (Lipinski definition) is 0. The molecule has 0 saturated carbocycles. The Kier molecular flexibility index (Phi) is 5.02. The molecular formula is C20H18ClN5O3. The van der Waals surface area contributed by atoms with E-state index in [2.05, 4.69) is 15.1 Å². The molecular weight excluding hydrogens is 394 g/mol. The maximum atomic E-state index is 12.9. The van der Waals surface area contributed by atoms with Crippen molar-refractivity contribution in [2.75, 3.05) is 0 Å². The molecule has 8 nitrogen and oxygen atoms in total. The number of rotatable bonds is 5. The lowest BCUT2D eigenvalue weighted by atomic mass is 10.1. The van der Waals surface area contributed by atoms with Crippen LogP contribution in [0.5, 0.6) is 0 Å². The quantitative estimate of drug-likeness (QED) is 0.500. The molecule has 0 saturated heterocycles. The lowest BCUT2D eigenvalue weighted by molar-refractivity contribution is 0.364. The Bertz CT molecular complexity index is 1300. The van der Waals surface area contributed by atoms with Crippen molar-refractivity contribution in [3.05, 3.63) is 85.2 Å². The second kappa shape index (κ2) is 7.63. The van der Waals surface area contributed by atoms with Crippen molar-refractivity contribution in [2.45, 2.75) is 26.3 Å². The molecule has 0 N–H and O–H groups in total. The second-order valence-corrected chi connectivity index (χ2v) is 7.27. The summed E-state index contributed by atoms with van der Waals surface area (Å²) in [6.07, 6.45) is 2.75. The van der Waals surface area contributed by atoms with Crippen molar-refractivity contribution in [3.8, 4) is 0 Å². The van der Waals surface area contributed by atoms with Crippen LogP contribution in [0, 0.1) is 6.92 Å². The summed E-state index contributed by atoms with van der Waals surface area (Å²) in [6, 6.07) is 9.03. The summed E-state index contributed by atoms with van der Waals surface area (Å²) in [6.45, 7) is 1.83. The minimum atomic E-state index is -0.260. The fraction of sp³-hybridized carbons (Fsp3) is 0.250. The van der Waals surface area contributed by atoms with Gasteiger partial charge in [0.05, 0.1) is 5.39 Å². The molecule has 0 radical (unpaired) electrons. The summed E-state index contributed by atoms with van der Waals surface area (Å²) in [5.74, 6) is 0.886. The van der Waals surface area contributed by atoms with E-state index in [1.807, 2.05) is 24.3 Å². The van der Waals surface area contributed by atoms with Crippen LogP contribution in [0.15, 0.2) is 50.8 Å². The van der Waals surface area contributed by atoms with Crippen LogP contribution in [-0.4, -0.2) is 24.3 Å². The van der Waals surface area contributed by atoms with Gasteiger partial charge in [0.25, 0.3) is 11.1 Å². The largest absolute Gasteiger partial charge is 0.337 e. The number of hydrogen-bond acceptors (Lipinski definition) is 6. The third kappa shape index (κ3) is 3.84. The highest BCUT2D eigenvalue weighted by atomic mass is 35.5. The van der Waals surface area contributed by atoms with Crippen LogP contribution in [0.4, 0.5) is 0 Å². The summed E-state index contributed by atoms with van der Waals surface area (Å²) in [5.41, 5.74) is 1.59. The van der Waals surface area contributed by atoms with Crippen molar-refractivity contribution < 1.29 is 4.52 Å². The number of aromatic nitrogens is 5. The van der Waals surface area contributed by atoms with Crippen LogP contribution < -0.4 is 11.1 Å². The summed E-state index contributed by atoms with van der Waals surface area (Å²) < 4.78 is 8.05. The molecule has 0 aliphatic carbocycles. The van der Waals surface area contributed by atoms with Gasteiger partial charge in [-0.25, -0.2) is 4.98 Å². The predicted octanol–water partition coefficient (Wildman–Crippen LogP) is 2.27. The zero-order valence-electron chi connectivity index (χ0n) is 15.9. The van der Waals surface area contributed by atoms with E-state index in [0.29, 0.717) is 39.8 Å². The molecule has 0 bridgehead atoms. The normalized spacial score (nSPS) is 11.3. The van der Waals surface area contributed by atoms with Crippen LogP contribution in [-0.2, 0) is 26.4 Å². The maximum absolute atomic E-state index is 12.9. The van der Waals surface area contributed by atoms with Crippen molar-refractivity contribution in [2.24, 2.45) is 7.05 Å². The molecule has 0 fully saturated rings. The average molecular weight is 412 g/mol. The van der Waals surface area contributed by atoms with E-state index < -0.39 is 0 Å². The zero-order chi connectivity index (χ0) is 20.5. The molecule has 29 heavy (non-hydrogen) atoms. The highest BCUT2D eigenvalue weighted by molar-refractivity contribution is 6.30. The van der Waals surface area contributed by atoms with Crippen LogP contribution in [0.3, 0.4) is 0 Å². The average Bonchev–Trinajstić information content (AvgIpc) is 3.14. The number of benzene rings is 1. The first-order valence-electron chi connectivity index (χ1n) is 9.04. The second-order valence-electron chi connectivity index (χ2n) is 6.83. The van der Waals surface area contributed by atoms with Gasteiger partial charge in [-0.05, 0) is 36.6 Å². The van der Waals surface area contributed by atoms with E-state index in [4.69, 9.17) is 16.1 Å². The third-order valence-corrected chi connectivity index (χ3v) is 5.02. The molecule has 0 unspecified atom stereocenters. The van der Waals surface area contributed by atoms with Gasteiger partial charge in [-0.2, -0.15) is 4.98 Å². The van der Waals surface area contributed by atoms with Crippen LogP contribution >= 0.6 is 11.6 Å². The lowest BCUT2D eigenvalue weighted by Gasteiger charge is -2.08. The number of nitrogens with zero attached hydrogens (tertiary/aromatic N) is 5. The van der Waals surface area contributed by atoms with Gasteiger partial charge in [-0.15, -0.1) is 0 Å². The monoisotopic (exact) mass is 411 g/mol. The topological polar surface area (TPSA) is 95.8 Å². The number of pyridine rings is 1. The Morgan fingerprint density at radius 3 is 2.66 bits per heavy atom. The molecule has 1 aromatic carbocycles. The minimum Gasteiger partial charge on any atom is -0.337 e. The lowest BCUT2D eigenvalue weighted by Crippen LogP contribution is -2.26. The molecule has 0 spiro atoms. The Morgan fingerprint density at radius 2 is 1.90 bits per heavy atom.